The minimum atomic E-state index is -1.05. The highest BCUT2D eigenvalue weighted by Crippen LogP contribution is 2.06. The van der Waals surface area contributed by atoms with Gasteiger partial charge in [-0.3, -0.25) is 0 Å². The number of carboxylic acid groups (broad SMARTS) is 1. The van der Waals surface area contributed by atoms with E-state index in [-0.39, 0.29) is 5.76 Å². The first-order valence-electron chi connectivity index (χ1n) is 3.92. The van der Waals surface area contributed by atoms with Gasteiger partial charge in [0.15, 0.2) is 0 Å². The summed E-state index contributed by atoms with van der Waals surface area (Å²) in [7, 11) is 1.40. The number of carbonyl (C=O) groups is 1. The Morgan fingerprint density at radius 3 is 2.93 bits per heavy atom. The molecule has 1 aromatic heterocycles. The van der Waals surface area contributed by atoms with Crippen molar-refractivity contribution in [3.05, 3.63) is 42.1 Å². The van der Waals surface area contributed by atoms with Gasteiger partial charge in [0, 0.05) is 0 Å². The lowest BCUT2D eigenvalue weighted by atomic mass is 10.3. The molecular formula is C10H10O4. The maximum Gasteiger partial charge on any atom is 0.332 e. The van der Waals surface area contributed by atoms with Crippen LogP contribution in [0.1, 0.15) is 5.76 Å². The first-order valence-corrected chi connectivity index (χ1v) is 3.92. The van der Waals surface area contributed by atoms with Crippen molar-refractivity contribution >= 4 is 12.0 Å². The topological polar surface area (TPSA) is 59.7 Å². The lowest BCUT2D eigenvalue weighted by Gasteiger charge is -1.96. The number of allylic oxidation sites excluding steroid dienone is 1. The van der Waals surface area contributed by atoms with Crippen molar-refractivity contribution < 1.29 is 19.1 Å². The average Bonchev–Trinajstić information content (AvgIpc) is 2.64. The van der Waals surface area contributed by atoms with E-state index in [9.17, 15) is 4.79 Å². The zero-order valence-corrected chi connectivity index (χ0v) is 7.64. The van der Waals surface area contributed by atoms with Gasteiger partial charge >= 0.3 is 5.97 Å². The molecule has 0 aromatic carbocycles. The van der Waals surface area contributed by atoms with Gasteiger partial charge < -0.3 is 14.3 Å². The van der Waals surface area contributed by atoms with Crippen molar-refractivity contribution in [1.29, 1.82) is 0 Å². The van der Waals surface area contributed by atoms with Crippen molar-refractivity contribution in [3.63, 3.8) is 0 Å². The molecular weight excluding hydrogens is 184 g/mol. The number of furan rings is 1. The van der Waals surface area contributed by atoms with Gasteiger partial charge in [-0.2, -0.15) is 0 Å². The molecule has 74 valence electrons. The van der Waals surface area contributed by atoms with Gasteiger partial charge in [-0.05, 0) is 24.3 Å². The standard InChI is InChI=1S/C10H10O4/c1-13-9(7-10(11)12)5-4-8-3-2-6-14-8/h2-7H,1H3,(H,11,12)/b5-4+,9-7+. The number of hydrogen-bond donors (Lipinski definition) is 1. The normalized spacial score (nSPS) is 11.9. The van der Waals surface area contributed by atoms with Crippen LogP contribution in [0, 0.1) is 0 Å². The molecule has 0 spiro atoms. The lowest BCUT2D eigenvalue weighted by molar-refractivity contribution is -0.131. The van der Waals surface area contributed by atoms with E-state index < -0.39 is 5.97 Å². The number of rotatable bonds is 4. The minimum Gasteiger partial charge on any atom is -0.496 e. The van der Waals surface area contributed by atoms with Crippen molar-refractivity contribution in [2.75, 3.05) is 7.11 Å². The highest BCUT2D eigenvalue weighted by molar-refractivity contribution is 5.81. The van der Waals surface area contributed by atoms with Crippen LogP contribution in [0.2, 0.25) is 0 Å². The third-order valence-electron chi connectivity index (χ3n) is 1.46. The smallest absolute Gasteiger partial charge is 0.332 e. The van der Waals surface area contributed by atoms with Crippen LogP contribution in [0.3, 0.4) is 0 Å². The molecule has 0 atom stereocenters. The quantitative estimate of drug-likeness (QED) is 0.452. The second-order valence-electron chi connectivity index (χ2n) is 2.44. The van der Waals surface area contributed by atoms with Crippen LogP contribution >= 0.6 is 0 Å². The van der Waals surface area contributed by atoms with Gasteiger partial charge in [0.05, 0.1) is 19.4 Å². The van der Waals surface area contributed by atoms with E-state index in [1.165, 1.54) is 19.4 Å². The molecule has 1 rings (SSSR count). The molecule has 4 heteroatoms. The average molecular weight is 194 g/mol. The summed E-state index contributed by atoms with van der Waals surface area (Å²) in [5.41, 5.74) is 0. The summed E-state index contributed by atoms with van der Waals surface area (Å²) in [6, 6.07) is 3.50. The van der Waals surface area contributed by atoms with E-state index in [1.54, 1.807) is 18.2 Å². The summed E-state index contributed by atoms with van der Waals surface area (Å²) < 4.78 is 9.83. The monoisotopic (exact) mass is 194 g/mol. The summed E-state index contributed by atoms with van der Waals surface area (Å²) in [5, 5.41) is 8.46. The van der Waals surface area contributed by atoms with Crippen LogP contribution in [0.15, 0.2) is 40.7 Å². The van der Waals surface area contributed by atoms with Crippen LogP contribution in [0.25, 0.3) is 6.08 Å². The molecule has 0 saturated carbocycles. The molecule has 14 heavy (non-hydrogen) atoms. The summed E-state index contributed by atoms with van der Waals surface area (Å²) >= 11 is 0. The summed E-state index contributed by atoms with van der Waals surface area (Å²) in [5.74, 6) is -0.154. The molecule has 1 heterocycles. The summed E-state index contributed by atoms with van der Waals surface area (Å²) in [6.45, 7) is 0. The number of methoxy groups -OCH3 is 1. The lowest BCUT2D eigenvalue weighted by Crippen LogP contribution is -1.91. The molecule has 0 bridgehead atoms. The summed E-state index contributed by atoms with van der Waals surface area (Å²) in [6.07, 6.45) is 5.65. The largest absolute Gasteiger partial charge is 0.496 e. The first-order chi connectivity index (χ1) is 6.72. The van der Waals surface area contributed by atoms with Gasteiger partial charge in [-0.15, -0.1) is 0 Å². The second kappa shape index (κ2) is 4.91. The maximum atomic E-state index is 10.3. The highest BCUT2D eigenvalue weighted by Gasteiger charge is 1.95. The molecule has 0 aliphatic carbocycles. The fourth-order valence-corrected chi connectivity index (χ4v) is 0.847. The predicted molar refractivity (Wildman–Crippen MR) is 50.5 cm³/mol. The second-order valence-corrected chi connectivity index (χ2v) is 2.44. The van der Waals surface area contributed by atoms with Crippen LogP contribution < -0.4 is 0 Å². The molecule has 0 saturated heterocycles. The van der Waals surface area contributed by atoms with E-state index in [1.807, 2.05) is 0 Å². The Hall–Kier alpha value is -1.97. The maximum absolute atomic E-state index is 10.3. The van der Waals surface area contributed by atoms with E-state index in [2.05, 4.69) is 0 Å². The Kier molecular flexibility index (Phi) is 3.55. The van der Waals surface area contributed by atoms with Crippen molar-refractivity contribution in [2.45, 2.75) is 0 Å². The molecule has 4 nitrogen and oxygen atoms in total. The molecule has 0 amide bonds. The van der Waals surface area contributed by atoms with Gasteiger partial charge in [0.2, 0.25) is 0 Å². The molecule has 0 aliphatic heterocycles. The van der Waals surface area contributed by atoms with Crippen molar-refractivity contribution in [3.8, 4) is 0 Å². The highest BCUT2D eigenvalue weighted by atomic mass is 16.5. The molecule has 1 aromatic rings. The van der Waals surface area contributed by atoms with E-state index in [4.69, 9.17) is 14.3 Å². The predicted octanol–water partition coefficient (Wildman–Crippen LogP) is 1.91. The Morgan fingerprint density at radius 2 is 2.43 bits per heavy atom. The SMILES string of the molecule is COC(/C=C/c1ccco1)=C/C(=O)O. The molecule has 0 unspecified atom stereocenters. The van der Waals surface area contributed by atoms with E-state index in [0.717, 1.165) is 6.08 Å². The zero-order valence-electron chi connectivity index (χ0n) is 7.64. The Labute approximate surface area is 81.1 Å². The third-order valence-corrected chi connectivity index (χ3v) is 1.46. The number of ether oxygens (including phenoxy) is 1. The van der Waals surface area contributed by atoms with Gasteiger partial charge in [-0.1, -0.05) is 0 Å². The fourth-order valence-electron chi connectivity index (χ4n) is 0.847. The Morgan fingerprint density at radius 1 is 1.64 bits per heavy atom. The van der Waals surface area contributed by atoms with Gasteiger partial charge in [-0.25, -0.2) is 4.79 Å². The molecule has 0 radical (unpaired) electrons. The van der Waals surface area contributed by atoms with E-state index >= 15 is 0 Å². The minimum absolute atomic E-state index is 0.258. The molecule has 1 N–H and O–H groups in total. The zero-order chi connectivity index (χ0) is 10.4. The molecule has 0 fully saturated rings. The number of aliphatic carboxylic acids is 1. The van der Waals surface area contributed by atoms with Crippen LogP contribution in [-0.2, 0) is 9.53 Å². The van der Waals surface area contributed by atoms with Crippen LogP contribution in [0.5, 0.6) is 0 Å². The fraction of sp³-hybridized carbons (Fsp3) is 0.100. The number of hydrogen-bond acceptors (Lipinski definition) is 3. The Bertz CT molecular complexity index is 346. The van der Waals surface area contributed by atoms with Gasteiger partial charge in [0.1, 0.15) is 11.5 Å². The van der Waals surface area contributed by atoms with Crippen LogP contribution in [-0.4, -0.2) is 18.2 Å². The summed E-state index contributed by atoms with van der Waals surface area (Å²) in [4.78, 5) is 10.3. The van der Waals surface area contributed by atoms with Gasteiger partial charge in [0.25, 0.3) is 0 Å². The van der Waals surface area contributed by atoms with Crippen molar-refractivity contribution in [1.82, 2.24) is 0 Å². The van der Waals surface area contributed by atoms with Crippen LogP contribution in [0.4, 0.5) is 0 Å². The number of carboxylic acids is 1. The first kappa shape index (κ1) is 10.1. The third kappa shape index (κ3) is 3.18. The Balaban J connectivity index is 2.70. The van der Waals surface area contributed by atoms with Crippen molar-refractivity contribution in [2.24, 2.45) is 0 Å². The molecule has 0 aliphatic rings. The van der Waals surface area contributed by atoms with E-state index in [0.29, 0.717) is 5.76 Å².